The molecule has 2 nitrogen and oxygen atoms in total. The van der Waals surface area contributed by atoms with Crippen molar-refractivity contribution < 1.29 is 9.50 Å². The molecule has 2 rings (SSSR count). The van der Waals surface area contributed by atoms with Crippen LogP contribution in [-0.2, 0) is 0 Å². The minimum absolute atomic E-state index is 0.0173. The number of rotatable bonds is 4. The Morgan fingerprint density at radius 1 is 1.42 bits per heavy atom. The van der Waals surface area contributed by atoms with Crippen LogP contribution in [0, 0.1) is 11.7 Å². The summed E-state index contributed by atoms with van der Waals surface area (Å²) in [4.78, 5) is 0. The second-order valence-corrected chi connectivity index (χ2v) is 5.73. The number of aromatic hydroxyl groups is 1. The highest BCUT2D eigenvalue weighted by molar-refractivity contribution is 5.34. The second kappa shape index (κ2) is 6.38. The van der Waals surface area contributed by atoms with Gasteiger partial charge >= 0.3 is 0 Å². The van der Waals surface area contributed by atoms with Gasteiger partial charge in [-0.2, -0.15) is 0 Å². The number of nitrogens with one attached hydrogen (secondary N) is 1. The zero-order chi connectivity index (χ0) is 13.8. The van der Waals surface area contributed by atoms with Crippen molar-refractivity contribution in [2.24, 2.45) is 5.92 Å². The van der Waals surface area contributed by atoms with Gasteiger partial charge in [0, 0.05) is 17.6 Å². The van der Waals surface area contributed by atoms with Crippen LogP contribution in [0.1, 0.15) is 57.6 Å². The molecule has 0 heterocycles. The third-order valence-corrected chi connectivity index (χ3v) is 4.30. The fourth-order valence-electron chi connectivity index (χ4n) is 3.13. The summed E-state index contributed by atoms with van der Waals surface area (Å²) in [5.41, 5.74) is 0.652. The first-order chi connectivity index (χ1) is 9.10. The van der Waals surface area contributed by atoms with Crippen molar-refractivity contribution in [1.29, 1.82) is 0 Å². The van der Waals surface area contributed by atoms with Crippen LogP contribution in [-0.4, -0.2) is 11.1 Å². The summed E-state index contributed by atoms with van der Waals surface area (Å²) >= 11 is 0. The molecule has 0 aliphatic heterocycles. The molecule has 1 fully saturated rings. The van der Waals surface area contributed by atoms with Crippen LogP contribution in [0.25, 0.3) is 0 Å². The Morgan fingerprint density at radius 3 is 2.95 bits per heavy atom. The van der Waals surface area contributed by atoms with Crippen LogP contribution < -0.4 is 5.32 Å². The zero-order valence-electron chi connectivity index (χ0n) is 11.8. The van der Waals surface area contributed by atoms with Gasteiger partial charge in [-0.25, -0.2) is 4.39 Å². The maximum Gasteiger partial charge on any atom is 0.123 e. The number of benzene rings is 1. The molecule has 3 atom stereocenters. The van der Waals surface area contributed by atoms with E-state index in [4.69, 9.17) is 0 Å². The maximum absolute atomic E-state index is 13.3. The van der Waals surface area contributed by atoms with E-state index < -0.39 is 0 Å². The van der Waals surface area contributed by atoms with Crippen LogP contribution in [0.3, 0.4) is 0 Å². The third-order valence-electron chi connectivity index (χ3n) is 4.30. The van der Waals surface area contributed by atoms with Crippen molar-refractivity contribution in [2.45, 2.75) is 58.0 Å². The largest absolute Gasteiger partial charge is 0.508 e. The standard InChI is InChI=1S/C16H24FNO/c1-3-12-5-4-6-14(9-12)18-11(2)15-10-13(17)7-8-16(15)19/h7-8,10-12,14,18-19H,3-6,9H2,1-2H3. The van der Waals surface area contributed by atoms with Crippen molar-refractivity contribution in [3.05, 3.63) is 29.6 Å². The molecular formula is C16H24FNO. The lowest BCUT2D eigenvalue weighted by Crippen LogP contribution is -2.35. The van der Waals surface area contributed by atoms with Gasteiger partial charge in [-0.3, -0.25) is 0 Å². The summed E-state index contributed by atoms with van der Waals surface area (Å²) in [6, 6.07) is 4.61. The van der Waals surface area contributed by atoms with Crippen molar-refractivity contribution in [1.82, 2.24) is 5.32 Å². The Morgan fingerprint density at radius 2 is 2.21 bits per heavy atom. The van der Waals surface area contributed by atoms with Gasteiger partial charge in [-0.15, -0.1) is 0 Å². The Kier molecular flexibility index (Phi) is 4.81. The van der Waals surface area contributed by atoms with Gasteiger partial charge in [0.1, 0.15) is 11.6 Å². The van der Waals surface area contributed by atoms with E-state index >= 15 is 0 Å². The fourth-order valence-corrected chi connectivity index (χ4v) is 3.13. The number of phenols is 1. The van der Waals surface area contributed by atoms with Gasteiger partial charge in [0.05, 0.1) is 0 Å². The Hall–Kier alpha value is -1.09. The lowest BCUT2D eigenvalue weighted by molar-refractivity contribution is 0.264. The molecule has 1 saturated carbocycles. The molecular weight excluding hydrogens is 241 g/mol. The molecule has 0 aromatic heterocycles. The Labute approximate surface area is 115 Å². The quantitative estimate of drug-likeness (QED) is 0.857. The topological polar surface area (TPSA) is 32.3 Å². The van der Waals surface area contributed by atoms with E-state index in [-0.39, 0.29) is 17.6 Å². The van der Waals surface area contributed by atoms with Crippen LogP contribution >= 0.6 is 0 Å². The van der Waals surface area contributed by atoms with E-state index in [0.29, 0.717) is 11.6 Å². The molecule has 0 saturated heterocycles. The lowest BCUT2D eigenvalue weighted by atomic mass is 9.84. The number of hydrogen-bond donors (Lipinski definition) is 2. The number of phenolic OH excluding ortho intramolecular Hbond substituents is 1. The first-order valence-corrected chi connectivity index (χ1v) is 7.34. The summed E-state index contributed by atoms with van der Waals surface area (Å²) in [5, 5.41) is 13.4. The minimum Gasteiger partial charge on any atom is -0.508 e. The summed E-state index contributed by atoms with van der Waals surface area (Å²) in [7, 11) is 0. The van der Waals surface area contributed by atoms with Crippen LogP contribution in [0.4, 0.5) is 4.39 Å². The highest BCUT2D eigenvalue weighted by Gasteiger charge is 2.23. The van der Waals surface area contributed by atoms with E-state index in [1.165, 1.54) is 50.3 Å². The molecule has 0 bridgehead atoms. The van der Waals surface area contributed by atoms with E-state index in [1.807, 2.05) is 6.92 Å². The first kappa shape index (κ1) is 14.3. The maximum atomic E-state index is 13.3. The minimum atomic E-state index is -0.295. The third kappa shape index (κ3) is 3.69. The summed E-state index contributed by atoms with van der Waals surface area (Å²) in [5.74, 6) is 0.681. The molecule has 1 aliphatic carbocycles. The predicted octanol–water partition coefficient (Wildman–Crippen LogP) is 4.15. The van der Waals surface area contributed by atoms with E-state index in [9.17, 15) is 9.50 Å². The molecule has 0 spiro atoms. The Bertz CT molecular complexity index is 421. The SMILES string of the molecule is CCC1CCCC(NC(C)c2cc(F)ccc2O)C1. The van der Waals surface area contributed by atoms with Crippen molar-refractivity contribution in [3.8, 4) is 5.75 Å². The molecule has 0 radical (unpaired) electrons. The van der Waals surface area contributed by atoms with Gasteiger partial charge in [-0.1, -0.05) is 26.2 Å². The molecule has 1 aromatic rings. The van der Waals surface area contributed by atoms with Gasteiger partial charge in [-0.05, 0) is 43.9 Å². The molecule has 19 heavy (non-hydrogen) atoms. The van der Waals surface area contributed by atoms with E-state index in [1.54, 1.807) is 0 Å². The highest BCUT2D eigenvalue weighted by atomic mass is 19.1. The average molecular weight is 265 g/mol. The molecule has 106 valence electrons. The van der Waals surface area contributed by atoms with Crippen molar-refractivity contribution >= 4 is 0 Å². The molecule has 3 unspecified atom stereocenters. The molecule has 2 N–H and O–H groups in total. The van der Waals surface area contributed by atoms with Crippen LogP contribution in [0.2, 0.25) is 0 Å². The molecule has 1 aromatic carbocycles. The second-order valence-electron chi connectivity index (χ2n) is 5.73. The molecule has 3 heteroatoms. The smallest absolute Gasteiger partial charge is 0.123 e. The first-order valence-electron chi connectivity index (χ1n) is 7.34. The van der Waals surface area contributed by atoms with Crippen molar-refractivity contribution in [3.63, 3.8) is 0 Å². The zero-order valence-corrected chi connectivity index (χ0v) is 11.8. The van der Waals surface area contributed by atoms with Crippen molar-refractivity contribution in [2.75, 3.05) is 0 Å². The van der Waals surface area contributed by atoms with Gasteiger partial charge in [0.15, 0.2) is 0 Å². The molecule has 0 amide bonds. The summed E-state index contributed by atoms with van der Waals surface area (Å²) in [6.45, 7) is 4.24. The van der Waals surface area contributed by atoms with Crippen LogP contribution in [0.15, 0.2) is 18.2 Å². The van der Waals surface area contributed by atoms with Crippen LogP contribution in [0.5, 0.6) is 5.75 Å². The average Bonchev–Trinajstić information content (AvgIpc) is 2.41. The number of halogens is 1. The van der Waals surface area contributed by atoms with Gasteiger partial charge < -0.3 is 10.4 Å². The normalized spacial score (nSPS) is 25.2. The predicted molar refractivity (Wildman–Crippen MR) is 75.7 cm³/mol. The van der Waals surface area contributed by atoms with Gasteiger partial charge in [0.25, 0.3) is 0 Å². The summed E-state index contributed by atoms with van der Waals surface area (Å²) < 4.78 is 13.3. The summed E-state index contributed by atoms with van der Waals surface area (Å²) in [6.07, 6.45) is 6.19. The number of hydrogen-bond acceptors (Lipinski definition) is 2. The highest BCUT2D eigenvalue weighted by Crippen LogP contribution is 2.30. The van der Waals surface area contributed by atoms with E-state index in [0.717, 1.165) is 5.92 Å². The fraction of sp³-hybridized carbons (Fsp3) is 0.625. The van der Waals surface area contributed by atoms with E-state index in [2.05, 4.69) is 12.2 Å². The lowest BCUT2D eigenvalue weighted by Gasteiger charge is -2.31. The molecule has 1 aliphatic rings. The Balaban J connectivity index is 2.00. The van der Waals surface area contributed by atoms with Gasteiger partial charge in [0.2, 0.25) is 0 Å². The monoisotopic (exact) mass is 265 g/mol.